The van der Waals surface area contributed by atoms with E-state index >= 15 is 0 Å². The molecule has 0 saturated heterocycles. The molecule has 0 bridgehead atoms. The van der Waals surface area contributed by atoms with Gasteiger partial charge in [0.15, 0.2) is 11.5 Å². The predicted molar refractivity (Wildman–Crippen MR) is 98.6 cm³/mol. The maximum Gasteiger partial charge on any atom is 0.306 e. The van der Waals surface area contributed by atoms with Gasteiger partial charge in [0.1, 0.15) is 12.2 Å². The highest BCUT2D eigenvalue weighted by atomic mass is 35.5. The number of carbonyl (C=O) groups is 2. The number of amides is 1. The van der Waals surface area contributed by atoms with Gasteiger partial charge in [-0.15, -0.1) is 0 Å². The number of hydrogen-bond donors (Lipinski definition) is 2. The third-order valence-electron chi connectivity index (χ3n) is 4.22. The fourth-order valence-electron chi connectivity index (χ4n) is 3.04. The summed E-state index contributed by atoms with van der Waals surface area (Å²) in [6.07, 6.45) is -2.45. The second-order valence-electron chi connectivity index (χ2n) is 5.91. The van der Waals surface area contributed by atoms with Crippen molar-refractivity contribution in [1.82, 2.24) is 0 Å². The molecule has 0 fully saturated rings. The van der Waals surface area contributed by atoms with Crippen LogP contribution >= 0.6 is 11.6 Å². The van der Waals surface area contributed by atoms with E-state index in [2.05, 4.69) is 5.32 Å². The van der Waals surface area contributed by atoms with Crippen LogP contribution in [0.5, 0.6) is 11.5 Å². The molecule has 1 amide bonds. The van der Waals surface area contributed by atoms with Crippen LogP contribution in [0.25, 0.3) is 0 Å². The number of methoxy groups -OCH3 is 2. The lowest BCUT2D eigenvalue weighted by atomic mass is 9.98. The van der Waals surface area contributed by atoms with Crippen molar-refractivity contribution in [3.05, 3.63) is 52.5 Å². The average molecular weight is 392 g/mol. The standard InChI is InChI=1S/C19H18ClNO6/c1-25-14-5-3-4-11(18(14)26-2)17-12-8-10(20)6-7-13(12)21-19(24)15(27-17)9-16(22)23/h3-8,15,17H,9H2,1-2H3,(H,21,24)(H,22,23)/t15-,17-/m1/s1. The van der Waals surface area contributed by atoms with Gasteiger partial charge >= 0.3 is 5.97 Å². The van der Waals surface area contributed by atoms with Crippen LogP contribution in [0.1, 0.15) is 23.7 Å². The number of fused-ring (bicyclic) bond motifs is 1. The van der Waals surface area contributed by atoms with Gasteiger partial charge in [-0.05, 0) is 24.3 Å². The number of halogens is 1. The Bertz CT molecular complexity index is 884. The number of anilines is 1. The second-order valence-corrected chi connectivity index (χ2v) is 6.34. The van der Waals surface area contributed by atoms with Crippen LogP contribution in [-0.4, -0.2) is 37.3 Å². The summed E-state index contributed by atoms with van der Waals surface area (Å²) in [6, 6.07) is 10.2. The second kappa shape index (κ2) is 7.85. The van der Waals surface area contributed by atoms with Gasteiger partial charge in [0.2, 0.25) is 0 Å². The van der Waals surface area contributed by atoms with E-state index in [0.29, 0.717) is 33.3 Å². The molecule has 2 atom stereocenters. The summed E-state index contributed by atoms with van der Waals surface area (Å²) >= 11 is 6.15. The van der Waals surface area contributed by atoms with Crippen LogP contribution in [0.4, 0.5) is 5.69 Å². The van der Waals surface area contributed by atoms with Gasteiger partial charge in [-0.3, -0.25) is 9.59 Å². The molecular formula is C19H18ClNO6. The summed E-state index contributed by atoms with van der Waals surface area (Å²) in [5.41, 5.74) is 1.68. The van der Waals surface area contributed by atoms with Crippen LogP contribution in [0.3, 0.4) is 0 Å². The smallest absolute Gasteiger partial charge is 0.306 e. The molecule has 0 unspecified atom stereocenters. The molecule has 0 aliphatic carbocycles. The van der Waals surface area contributed by atoms with Crippen molar-refractivity contribution in [3.8, 4) is 11.5 Å². The lowest BCUT2D eigenvalue weighted by Crippen LogP contribution is -2.31. The highest BCUT2D eigenvalue weighted by molar-refractivity contribution is 6.30. The van der Waals surface area contributed by atoms with Crippen LogP contribution in [0, 0.1) is 0 Å². The summed E-state index contributed by atoms with van der Waals surface area (Å²) < 4.78 is 16.8. The molecule has 2 aromatic rings. The highest BCUT2D eigenvalue weighted by Gasteiger charge is 2.35. The maximum atomic E-state index is 12.5. The Morgan fingerprint density at radius 3 is 2.67 bits per heavy atom. The van der Waals surface area contributed by atoms with Crippen molar-refractivity contribution in [3.63, 3.8) is 0 Å². The number of nitrogens with one attached hydrogen (secondary N) is 1. The lowest BCUT2D eigenvalue weighted by Gasteiger charge is -2.23. The zero-order valence-corrected chi connectivity index (χ0v) is 15.4. The Kier molecular flexibility index (Phi) is 5.53. The van der Waals surface area contributed by atoms with Gasteiger partial charge < -0.3 is 24.6 Å². The number of carboxylic acid groups (broad SMARTS) is 1. The van der Waals surface area contributed by atoms with Gasteiger partial charge in [0, 0.05) is 21.8 Å². The number of benzene rings is 2. The first-order valence-electron chi connectivity index (χ1n) is 8.13. The summed E-state index contributed by atoms with van der Waals surface area (Å²) in [5.74, 6) is -0.763. The van der Waals surface area contributed by atoms with E-state index in [-0.39, 0.29) is 0 Å². The number of hydrogen-bond acceptors (Lipinski definition) is 5. The van der Waals surface area contributed by atoms with Gasteiger partial charge in [0.25, 0.3) is 5.91 Å². The van der Waals surface area contributed by atoms with Crippen molar-refractivity contribution in [2.75, 3.05) is 19.5 Å². The van der Waals surface area contributed by atoms with E-state index in [0.717, 1.165) is 0 Å². The zero-order valence-electron chi connectivity index (χ0n) is 14.7. The third kappa shape index (κ3) is 3.84. The minimum Gasteiger partial charge on any atom is -0.493 e. The molecule has 8 heteroatoms. The molecule has 7 nitrogen and oxygen atoms in total. The Labute approximate surface area is 160 Å². The fraction of sp³-hybridized carbons (Fsp3) is 0.263. The SMILES string of the molecule is COc1cccc([C@H]2O[C@H](CC(=O)O)C(=O)Nc3ccc(Cl)cc32)c1OC. The molecule has 1 aliphatic heterocycles. The van der Waals surface area contributed by atoms with Crippen LogP contribution < -0.4 is 14.8 Å². The van der Waals surface area contributed by atoms with E-state index in [9.17, 15) is 9.59 Å². The largest absolute Gasteiger partial charge is 0.493 e. The summed E-state index contributed by atoms with van der Waals surface area (Å²) in [6.45, 7) is 0. The topological polar surface area (TPSA) is 94.1 Å². The first-order valence-corrected chi connectivity index (χ1v) is 8.50. The number of ether oxygens (including phenoxy) is 3. The van der Waals surface area contributed by atoms with E-state index in [1.807, 2.05) is 0 Å². The van der Waals surface area contributed by atoms with Gasteiger partial charge in [0.05, 0.1) is 20.6 Å². The molecule has 0 radical (unpaired) electrons. The van der Waals surface area contributed by atoms with Crippen molar-refractivity contribution in [2.24, 2.45) is 0 Å². The molecule has 1 aliphatic rings. The predicted octanol–water partition coefficient (Wildman–Crippen LogP) is 3.26. The van der Waals surface area contributed by atoms with Crippen molar-refractivity contribution >= 4 is 29.2 Å². The van der Waals surface area contributed by atoms with E-state index < -0.39 is 30.5 Å². The molecule has 1 heterocycles. The molecule has 3 rings (SSSR count). The molecule has 2 aromatic carbocycles. The molecule has 27 heavy (non-hydrogen) atoms. The zero-order chi connectivity index (χ0) is 19.6. The molecule has 0 spiro atoms. The lowest BCUT2D eigenvalue weighted by molar-refractivity contribution is -0.146. The third-order valence-corrected chi connectivity index (χ3v) is 4.46. The number of aliphatic carboxylic acids is 1. The summed E-state index contributed by atoms with van der Waals surface area (Å²) in [7, 11) is 3.01. The van der Waals surface area contributed by atoms with Crippen molar-refractivity contribution < 1.29 is 28.9 Å². The number of carboxylic acids is 1. The normalized spacial score (nSPS) is 18.9. The Morgan fingerprint density at radius 2 is 2.00 bits per heavy atom. The van der Waals surface area contributed by atoms with E-state index in [4.69, 9.17) is 30.9 Å². The first kappa shape index (κ1) is 19.0. The number of para-hydroxylation sites is 1. The van der Waals surface area contributed by atoms with Crippen LogP contribution in [0.15, 0.2) is 36.4 Å². The van der Waals surface area contributed by atoms with Gasteiger partial charge in [-0.1, -0.05) is 23.7 Å². The molecule has 2 N–H and O–H groups in total. The molecule has 0 saturated carbocycles. The van der Waals surface area contributed by atoms with E-state index in [1.54, 1.807) is 36.4 Å². The Morgan fingerprint density at radius 1 is 1.22 bits per heavy atom. The number of rotatable bonds is 5. The number of carbonyl (C=O) groups excluding carboxylic acids is 1. The maximum absolute atomic E-state index is 12.5. The van der Waals surface area contributed by atoms with Crippen LogP contribution in [0.2, 0.25) is 5.02 Å². The first-order chi connectivity index (χ1) is 12.9. The Balaban J connectivity index is 2.18. The average Bonchev–Trinajstić information content (AvgIpc) is 2.77. The highest BCUT2D eigenvalue weighted by Crippen LogP contribution is 2.43. The van der Waals surface area contributed by atoms with Crippen molar-refractivity contribution in [1.29, 1.82) is 0 Å². The Hall–Kier alpha value is -2.77. The van der Waals surface area contributed by atoms with E-state index in [1.165, 1.54) is 14.2 Å². The molecular weight excluding hydrogens is 374 g/mol. The summed E-state index contributed by atoms with van der Waals surface area (Å²) in [5, 5.41) is 12.3. The van der Waals surface area contributed by atoms with Crippen LogP contribution in [-0.2, 0) is 14.3 Å². The molecule has 142 valence electrons. The minimum atomic E-state index is -1.19. The minimum absolute atomic E-state index is 0.430. The monoisotopic (exact) mass is 391 g/mol. The van der Waals surface area contributed by atoms with Crippen molar-refractivity contribution in [2.45, 2.75) is 18.6 Å². The van der Waals surface area contributed by atoms with Gasteiger partial charge in [-0.25, -0.2) is 0 Å². The fourth-order valence-corrected chi connectivity index (χ4v) is 3.22. The quantitative estimate of drug-likeness (QED) is 0.812. The van der Waals surface area contributed by atoms with Gasteiger partial charge in [-0.2, -0.15) is 0 Å². The molecule has 0 aromatic heterocycles. The summed E-state index contributed by atoms with van der Waals surface area (Å²) in [4.78, 5) is 23.7.